The van der Waals surface area contributed by atoms with Gasteiger partial charge in [0.2, 0.25) is 0 Å². The van der Waals surface area contributed by atoms with Gasteiger partial charge in [-0.05, 0) is 0 Å². The van der Waals surface area contributed by atoms with Crippen LogP contribution in [-0.4, -0.2) is 29.9 Å². The quantitative estimate of drug-likeness (QED) is 0.168. The summed E-state index contributed by atoms with van der Waals surface area (Å²) in [4.78, 5) is 0. The standard InChI is InChI=1S/C32H28Se2/c1-5-15-25(16-6-1)29(26-17-7-2-8-18-26)30(27-19-9-3-10-20-27)32-31(28-21-11-4-12-22-28)33-23-13-14-24-34-32/h1-12,15-22H,13-14,23-24H2/b32-31-. The average Bonchev–Trinajstić information content (AvgIpc) is 2.90. The summed E-state index contributed by atoms with van der Waals surface area (Å²) in [6.45, 7) is 0. The molecule has 1 aliphatic rings. The van der Waals surface area contributed by atoms with Crippen molar-refractivity contribution >= 4 is 45.5 Å². The van der Waals surface area contributed by atoms with Gasteiger partial charge in [-0.25, -0.2) is 0 Å². The first-order valence-corrected chi connectivity index (χ1v) is 16.0. The zero-order valence-corrected chi connectivity index (χ0v) is 22.6. The van der Waals surface area contributed by atoms with Gasteiger partial charge in [0.05, 0.1) is 0 Å². The molecule has 2 heteroatoms. The summed E-state index contributed by atoms with van der Waals surface area (Å²) in [5.41, 5.74) is 8.10. The summed E-state index contributed by atoms with van der Waals surface area (Å²) in [5, 5.41) is 2.63. The van der Waals surface area contributed by atoms with E-state index in [1.807, 2.05) is 0 Å². The molecule has 0 spiro atoms. The van der Waals surface area contributed by atoms with E-state index in [1.54, 1.807) is 8.94 Å². The van der Waals surface area contributed by atoms with E-state index in [4.69, 9.17) is 0 Å². The molecule has 0 nitrogen and oxygen atoms in total. The summed E-state index contributed by atoms with van der Waals surface area (Å²) in [6, 6.07) is 44.3. The van der Waals surface area contributed by atoms with Gasteiger partial charge >= 0.3 is 217 Å². The molecule has 1 heterocycles. The second-order valence-electron chi connectivity index (χ2n) is 8.28. The van der Waals surface area contributed by atoms with Gasteiger partial charge in [-0.3, -0.25) is 0 Å². The number of benzene rings is 4. The van der Waals surface area contributed by atoms with Crippen LogP contribution in [0.4, 0.5) is 0 Å². The second-order valence-corrected chi connectivity index (χ2v) is 12.9. The minimum atomic E-state index is 0.424. The molecule has 0 bridgehead atoms. The van der Waals surface area contributed by atoms with Crippen LogP contribution in [0.2, 0.25) is 10.6 Å². The molecule has 0 aliphatic carbocycles. The monoisotopic (exact) mass is 572 g/mol. The van der Waals surface area contributed by atoms with Crippen molar-refractivity contribution < 1.29 is 0 Å². The van der Waals surface area contributed by atoms with Crippen molar-refractivity contribution in [3.05, 3.63) is 148 Å². The van der Waals surface area contributed by atoms with Crippen LogP contribution in [0.3, 0.4) is 0 Å². The van der Waals surface area contributed by atoms with Crippen molar-refractivity contribution in [3.63, 3.8) is 0 Å². The average molecular weight is 570 g/mol. The zero-order valence-electron chi connectivity index (χ0n) is 19.2. The van der Waals surface area contributed by atoms with Gasteiger partial charge in [-0.2, -0.15) is 0 Å². The third kappa shape index (κ3) is 5.38. The normalized spacial score (nSPS) is 16.4. The fourth-order valence-electron chi connectivity index (χ4n) is 4.33. The third-order valence-electron chi connectivity index (χ3n) is 5.94. The Kier molecular flexibility index (Phi) is 7.96. The van der Waals surface area contributed by atoms with Crippen molar-refractivity contribution in [2.45, 2.75) is 23.5 Å². The Labute approximate surface area is 216 Å². The molecule has 0 atom stereocenters. The predicted molar refractivity (Wildman–Crippen MR) is 149 cm³/mol. The second kappa shape index (κ2) is 11.7. The molecule has 0 unspecified atom stereocenters. The topological polar surface area (TPSA) is 0 Å². The zero-order chi connectivity index (χ0) is 23.0. The third-order valence-corrected chi connectivity index (χ3v) is 11.7. The first-order valence-electron chi connectivity index (χ1n) is 11.9. The molecular weight excluding hydrogens is 542 g/mol. The van der Waals surface area contributed by atoms with Crippen LogP contribution in [-0.2, 0) is 0 Å². The molecule has 0 amide bonds. The van der Waals surface area contributed by atoms with Gasteiger partial charge in [-0.15, -0.1) is 0 Å². The first-order chi connectivity index (χ1) is 16.9. The molecule has 0 N–H and O–H groups in total. The predicted octanol–water partition coefficient (Wildman–Crippen LogP) is 8.05. The van der Waals surface area contributed by atoms with E-state index in [1.165, 1.54) is 56.9 Å². The van der Waals surface area contributed by atoms with E-state index in [0.717, 1.165) is 0 Å². The molecule has 0 fully saturated rings. The Morgan fingerprint density at radius 2 is 0.853 bits per heavy atom. The van der Waals surface area contributed by atoms with E-state index in [-0.39, 0.29) is 0 Å². The summed E-state index contributed by atoms with van der Waals surface area (Å²) in [7, 11) is 0. The van der Waals surface area contributed by atoms with Crippen LogP contribution >= 0.6 is 0 Å². The van der Waals surface area contributed by atoms with Gasteiger partial charge in [0.25, 0.3) is 0 Å². The van der Waals surface area contributed by atoms with Gasteiger partial charge in [0, 0.05) is 0 Å². The summed E-state index contributed by atoms with van der Waals surface area (Å²) < 4.78 is 3.21. The summed E-state index contributed by atoms with van der Waals surface area (Å²) >= 11 is 0.894. The van der Waals surface area contributed by atoms with E-state index in [9.17, 15) is 0 Å². The number of hydrogen-bond donors (Lipinski definition) is 0. The van der Waals surface area contributed by atoms with Crippen LogP contribution < -0.4 is 0 Å². The van der Waals surface area contributed by atoms with E-state index in [0.29, 0.717) is 29.9 Å². The Morgan fingerprint density at radius 1 is 0.441 bits per heavy atom. The van der Waals surface area contributed by atoms with Gasteiger partial charge < -0.3 is 0 Å². The molecule has 0 saturated heterocycles. The summed E-state index contributed by atoms with van der Waals surface area (Å²) in [5.74, 6) is 0. The van der Waals surface area contributed by atoms with Gasteiger partial charge in [-0.1, -0.05) is 0 Å². The first kappa shape index (κ1) is 23.2. The number of allylic oxidation sites excluding steroid dienone is 2. The maximum atomic E-state index is 2.32. The van der Waals surface area contributed by atoms with Crippen molar-refractivity contribution in [1.82, 2.24) is 0 Å². The molecule has 168 valence electrons. The Hall–Kier alpha value is -2.60. The maximum absolute atomic E-state index is 2.32. The van der Waals surface area contributed by atoms with Gasteiger partial charge in [0.1, 0.15) is 0 Å². The van der Waals surface area contributed by atoms with Crippen LogP contribution in [0, 0.1) is 0 Å². The van der Waals surface area contributed by atoms with Crippen LogP contribution in [0.25, 0.3) is 15.6 Å². The van der Waals surface area contributed by atoms with Crippen LogP contribution in [0.15, 0.2) is 126 Å². The summed E-state index contributed by atoms with van der Waals surface area (Å²) in [6.07, 6.45) is 2.71. The van der Waals surface area contributed by atoms with Crippen molar-refractivity contribution in [1.29, 1.82) is 0 Å². The molecule has 5 rings (SSSR count). The Morgan fingerprint density at radius 3 is 1.35 bits per heavy atom. The fourth-order valence-corrected chi connectivity index (χ4v) is 10.3. The number of hydrogen-bond acceptors (Lipinski definition) is 0. The van der Waals surface area contributed by atoms with E-state index >= 15 is 0 Å². The SMILES string of the molecule is c1ccc(C(=C(c2ccccc2)c2ccccc2)/C2=C(\c3ccccc3)[Se]CCCC[Se]2)cc1. The molecule has 1 aliphatic heterocycles. The number of rotatable bonds is 5. The van der Waals surface area contributed by atoms with E-state index in [2.05, 4.69) is 121 Å². The molecule has 34 heavy (non-hydrogen) atoms. The molecular formula is C32H28Se2. The van der Waals surface area contributed by atoms with Crippen LogP contribution in [0.5, 0.6) is 0 Å². The van der Waals surface area contributed by atoms with Crippen molar-refractivity contribution in [3.8, 4) is 0 Å². The van der Waals surface area contributed by atoms with Crippen molar-refractivity contribution in [2.24, 2.45) is 0 Å². The fraction of sp³-hybridized carbons (Fsp3) is 0.125. The molecule has 0 radical (unpaired) electrons. The molecule has 0 aromatic heterocycles. The van der Waals surface area contributed by atoms with Crippen molar-refractivity contribution in [2.75, 3.05) is 0 Å². The van der Waals surface area contributed by atoms with E-state index < -0.39 is 0 Å². The molecule has 4 aromatic carbocycles. The molecule has 0 saturated carbocycles. The Balaban J connectivity index is 1.89. The Bertz CT molecular complexity index is 1220. The van der Waals surface area contributed by atoms with Gasteiger partial charge in [0.15, 0.2) is 0 Å². The van der Waals surface area contributed by atoms with Crippen LogP contribution in [0.1, 0.15) is 35.1 Å². The molecule has 4 aromatic rings. The minimum absolute atomic E-state index is 0.424.